The second-order valence-corrected chi connectivity index (χ2v) is 9.37. The monoisotopic (exact) mass is 431 g/mol. The molecule has 2 rings (SSSR count). The molecule has 1 aromatic carbocycles. The van der Waals surface area contributed by atoms with Crippen LogP contribution in [0.1, 0.15) is 65.0 Å². The van der Waals surface area contributed by atoms with Gasteiger partial charge in [0.25, 0.3) is 0 Å². The number of ether oxygens (including phenoxy) is 2. The zero-order valence-electron chi connectivity index (χ0n) is 19.5. The number of methoxy groups -OCH3 is 1. The van der Waals surface area contributed by atoms with Crippen LogP contribution in [-0.2, 0) is 20.7 Å². The molecule has 0 radical (unpaired) electrons. The lowest BCUT2D eigenvalue weighted by atomic mass is 9.97. The number of esters is 1. The SMILES string of the molecule is COc1ccc2c(C)c(CCC(=O)NC(C)(C)CCC(=O)OC(C)(C)C)c(=O)oc2c1. The minimum atomic E-state index is -0.576. The van der Waals surface area contributed by atoms with Crippen molar-refractivity contribution in [2.45, 2.75) is 78.4 Å². The van der Waals surface area contributed by atoms with Crippen LogP contribution in [0.25, 0.3) is 11.0 Å². The number of carbonyl (C=O) groups excluding carboxylic acids is 2. The molecule has 0 saturated heterocycles. The molecule has 0 fully saturated rings. The Hall–Kier alpha value is -2.83. The molecule has 0 bridgehead atoms. The van der Waals surface area contributed by atoms with Gasteiger partial charge in [0, 0.05) is 35.4 Å². The maximum absolute atomic E-state index is 12.5. The van der Waals surface area contributed by atoms with Crippen LogP contribution in [0.15, 0.2) is 27.4 Å². The quantitative estimate of drug-likeness (QED) is 0.500. The largest absolute Gasteiger partial charge is 0.497 e. The van der Waals surface area contributed by atoms with E-state index in [0.29, 0.717) is 23.3 Å². The van der Waals surface area contributed by atoms with E-state index in [4.69, 9.17) is 13.9 Å². The van der Waals surface area contributed by atoms with E-state index >= 15 is 0 Å². The average molecular weight is 432 g/mol. The number of hydrogen-bond acceptors (Lipinski definition) is 6. The van der Waals surface area contributed by atoms with Crippen molar-refractivity contribution in [3.05, 3.63) is 39.7 Å². The summed E-state index contributed by atoms with van der Waals surface area (Å²) < 4.78 is 15.9. The third kappa shape index (κ3) is 7.12. The molecule has 0 atom stereocenters. The molecule has 170 valence electrons. The molecule has 1 N–H and O–H groups in total. The Balaban J connectivity index is 1.99. The highest BCUT2D eigenvalue weighted by molar-refractivity contribution is 5.83. The molecule has 1 aromatic heterocycles. The van der Waals surface area contributed by atoms with Crippen molar-refractivity contribution >= 4 is 22.8 Å². The Labute approximate surface area is 183 Å². The van der Waals surface area contributed by atoms with Crippen LogP contribution < -0.4 is 15.7 Å². The lowest BCUT2D eigenvalue weighted by Crippen LogP contribution is -2.44. The summed E-state index contributed by atoms with van der Waals surface area (Å²) in [7, 11) is 1.55. The molecule has 0 aliphatic rings. The first-order valence-corrected chi connectivity index (χ1v) is 10.4. The van der Waals surface area contributed by atoms with Crippen molar-refractivity contribution in [3.8, 4) is 5.75 Å². The van der Waals surface area contributed by atoms with Crippen molar-refractivity contribution < 1.29 is 23.5 Å². The predicted octanol–water partition coefficient (Wildman–Crippen LogP) is 4.06. The van der Waals surface area contributed by atoms with Gasteiger partial charge in [-0.25, -0.2) is 4.79 Å². The molecule has 0 aliphatic heterocycles. The zero-order chi connectivity index (χ0) is 23.4. The van der Waals surface area contributed by atoms with E-state index in [9.17, 15) is 14.4 Å². The maximum Gasteiger partial charge on any atom is 0.339 e. The number of benzene rings is 1. The highest BCUT2D eigenvalue weighted by Crippen LogP contribution is 2.24. The summed E-state index contributed by atoms with van der Waals surface area (Å²) in [6, 6.07) is 5.32. The second kappa shape index (κ2) is 9.54. The van der Waals surface area contributed by atoms with Crippen LogP contribution >= 0.6 is 0 Å². The first kappa shape index (κ1) is 24.4. The number of amides is 1. The molecule has 7 nitrogen and oxygen atoms in total. The van der Waals surface area contributed by atoms with Crippen LogP contribution in [0.2, 0.25) is 0 Å². The molecule has 0 unspecified atom stereocenters. The van der Waals surface area contributed by atoms with E-state index in [-0.39, 0.29) is 31.1 Å². The van der Waals surface area contributed by atoms with Gasteiger partial charge in [-0.15, -0.1) is 0 Å². The van der Waals surface area contributed by atoms with Gasteiger partial charge in [0.15, 0.2) is 0 Å². The highest BCUT2D eigenvalue weighted by atomic mass is 16.6. The number of hydrogen-bond donors (Lipinski definition) is 1. The highest BCUT2D eigenvalue weighted by Gasteiger charge is 2.24. The third-order valence-electron chi connectivity index (χ3n) is 4.95. The van der Waals surface area contributed by atoms with Gasteiger partial charge >= 0.3 is 11.6 Å². The van der Waals surface area contributed by atoms with Gasteiger partial charge in [-0.2, -0.15) is 0 Å². The Bertz CT molecular complexity index is 1010. The molecule has 0 saturated carbocycles. The van der Waals surface area contributed by atoms with E-state index in [0.717, 1.165) is 10.9 Å². The zero-order valence-corrected chi connectivity index (χ0v) is 19.5. The fraction of sp³-hybridized carbons (Fsp3) is 0.542. The summed E-state index contributed by atoms with van der Waals surface area (Å²) in [4.78, 5) is 36.9. The minimum absolute atomic E-state index is 0.142. The van der Waals surface area contributed by atoms with E-state index < -0.39 is 16.8 Å². The van der Waals surface area contributed by atoms with Gasteiger partial charge in [0.1, 0.15) is 16.9 Å². The van der Waals surface area contributed by atoms with Crippen molar-refractivity contribution in [2.75, 3.05) is 7.11 Å². The smallest absolute Gasteiger partial charge is 0.339 e. The molecule has 0 spiro atoms. The van der Waals surface area contributed by atoms with Crippen LogP contribution in [0.3, 0.4) is 0 Å². The van der Waals surface area contributed by atoms with Crippen molar-refractivity contribution in [3.63, 3.8) is 0 Å². The molecular weight excluding hydrogens is 398 g/mol. The van der Waals surface area contributed by atoms with E-state index in [1.807, 2.05) is 47.6 Å². The van der Waals surface area contributed by atoms with Gasteiger partial charge in [-0.05, 0) is 72.1 Å². The average Bonchev–Trinajstić information content (AvgIpc) is 2.64. The maximum atomic E-state index is 12.5. The molecule has 0 aliphatic carbocycles. The number of aryl methyl sites for hydroxylation is 1. The fourth-order valence-corrected chi connectivity index (χ4v) is 3.34. The molecule has 31 heavy (non-hydrogen) atoms. The van der Waals surface area contributed by atoms with Crippen molar-refractivity contribution in [1.29, 1.82) is 0 Å². The molecular formula is C24H33NO6. The Morgan fingerprint density at radius 2 is 1.77 bits per heavy atom. The molecule has 1 amide bonds. The van der Waals surface area contributed by atoms with Gasteiger partial charge < -0.3 is 19.2 Å². The van der Waals surface area contributed by atoms with Crippen LogP contribution in [0, 0.1) is 6.92 Å². The van der Waals surface area contributed by atoms with E-state index in [1.54, 1.807) is 19.2 Å². The molecule has 1 heterocycles. The summed E-state index contributed by atoms with van der Waals surface area (Å²) in [5.74, 6) is 0.120. The Morgan fingerprint density at radius 3 is 2.39 bits per heavy atom. The predicted molar refractivity (Wildman–Crippen MR) is 119 cm³/mol. The number of carbonyl (C=O) groups is 2. The fourth-order valence-electron chi connectivity index (χ4n) is 3.34. The van der Waals surface area contributed by atoms with Crippen LogP contribution in [0.5, 0.6) is 5.75 Å². The number of fused-ring (bicyclic) bond motifs is 1. The Kier molecular flexibility index (Phi) is 7.52. The van der Waals surface area contributed by atoms with Gasteiger partial charge in [0.05, 0.1) is 7.11 Å². The molecule has 2 aromatic rings. The summed E-state index contributed by atoms with van der Waals surface area (Å²) in [6.07, 6.45) is 1.07. The standard InChI is InChI=1S/C24H33NO6/c1-15-17-9-8-16(29-7)14-19(17)30-22(28)18(15)10-11-20(26)25-24(5,6)13-12-21(27)31-23(2,3)4/h8-9,14H,10-13H2,1-7H3,(H,25,26). The second-order valence-electron chi connectivity index (χ2n) is 9.37. The lowest BCUT2D eigenvalue weighted by molar-refractivity contribution is -0.155. The summed E-state index contributed by atoms with van der Waals surface area (Å²) in [6.45, 7) is 11.0. The van der Waals surface area contributed by atoms with Gasteiger partial charge in [-0.3, -0.25) is 9.59 Å². The summed E-state index contributed by atoms with van der Waals surface area (Å²) in [5.41, 5.74) is 0.182. The first-order chi connectivity index (χ1) is 14.3. The summed E-state index contributed by atoms with van der Waals surface area (Å²) in [5, 5.41) is 3.75. The molecule has 7 heteroatoms. The Morgan fingerprint density at radius 1 is 1.10 bits per heavy atom. The summed E-state index contributed by atoms with van der Waals surface area (Å²) >= 11 is 0. The number of nitrogens with one attached hydrogen (secondary N) is 1. The number of rotatable bonds is 8. The third-order valence-corrected chi connectivity index (χ3v) is 4.95. The minimum Gasteiger partial charge on any atom is -0.497 e. The van der Waals surface area contributed by atoms with Crippen molar-refractivity contribution in [1.82, 2.24) is 5.32 Å². The van der Waals surface area contributed by atoms with Gasteiger partial charge in [-0.1, -0.05) is 0 Å². The van der Waals surface area contributed by atoms with Crippen molar-refractivity contribution in [2.24, 2.45) is 0 Å². The first-order valence-electron chi connectivity index (χ1n) is 10.4. The van der Waals surface area contributed by atoms with E-state index in [2.05, 4.69) is 5.32 Å². The van der Waals surface area contributed by atoms with E-state index in [1.165, 1.54) is 0 Å². The van der Waals surface area contributed by atoms with Crippen LogP contribution in [0.4, 0.5) is 0 Å². The van der Waals surface area contributed by atoms with Gasteiger partial charge in [0.2, 0.25) is 5.91 Å². The normalized spacial score (nSPS) is 12.0. The van der Waals surface area contributed by atoms with Crippen LogP contribution in [-0.4, -0.2) is 30.1 Å². The topological polar surface area (TPSA) is 94.8 Å². The lowest BCUT2D eigenvalue weighted by Gasteiger charge is -2.27.